The number of aromatic nitrogens is 4. The summed E-state index contributed by atoms with van der Waals surface area (Å²) >= 11 is 0. The second-order valence-corrected chi connectivity index (χ2v) is 9.62. The molecule has 1 saturated carbocycles. The van der Waals surface area contributed by atoms with E-state index in [1.807, 2.05) is 42.8 Å². The smallest absolute Gasteiger partial charge is 0.278 e. The number of hydrogen-bond donors (Lipinski definition) is 2. The molecule has 6 rings (SSSR count). The summed E-state index contributed by atoms with van der Waals surface area (Å²) in [5.41, 5.74) is 6.22. The highest BCUT2D eigenvalue weighted by molar-refractivity contribution is 5.80. The van der Waals surface area contributed by atoms with Gasteiger partial charge in [-0.25, -0.2) is 19.2 Å². The van der Waals surface area contributed by atoms with E-state index in [1.54, 1.807) is 10.9 Å². The Hall–Kier alpha value is -3.96. The Morgan fingerprint density at radius 2 is 2.06 bits per heavy atom. The number of nitrogens with one attached hydrogen (secondary N) is 2. The van der Waals surface area contributed by atoms with E-state index in [9.17, 15) is 4.79 Å². The summed E-state index contributed by atoms with van der Waals surface area (Å²) in [5.74, 6) is 0.843. The summed E-state index contributed by atoms with van der Waals surface area (Å²) < 4.78 is 3.49. The average molecular weight is 466 g/mol. The van der Waals surface area contributed by atoms with Crippen LogP contribution < -0.4 is 16.2 Å². The zero-order chi connectivity index (χ0) is 24.1. The minimum absolute atomic E-state index is 0.120. The Kier molecular flexibility index (Phi) is 5.15. The third-order valence-corrected chi connectivity index (χ3v) is 6.86. The number of para-hydroxylation sites is 1. The number of hydrogen-bond acceptors (Lipinski definition) is 5. The van der Waals surface area contributed by atoms with Gasteiger partial charge in [0.1, 0.15) is 5.39 Å². The van der Waals surface area contributed by atoms with Crippen molar-refractivity contribution in [2.24, 2.45) is 0 Å². The Balaban J connectivity index is 1.50. The van der Waals surface area contributed by atoms with E-state index in [-0.39, 0.29) is 11.6 Å². The molecule has 0 saturated heterocycles. The quantitative estimate of drug-likeness (QED) is 0.406. The third-order valence-electron chi connectivity index (χ3n) is 6.86. The second-order valence-electron chi connectivity index (χ2n) is 9.62. The molecular formula is C27H27N7O. The fourth-order valence-corrected chi connectivity index (χ4v) is 5.01. The van der Waals surface area contributed by atoms with Crippen LogP contribution in [-0.2, 0) is 13.0 Å². The molecule has 2 aromatic heterocycles. The molecule has 1 fully saturated rings. The number of rotatable bonds is 5. The fraction of sp³-hybridized carbons (Fsp3) is 0.333. The lowest BCUT2D eigenvalue weighted by Crippen LogP contribution is -2.24. The molecule has 0 amide bonds. The van der Waals surface area contributed by atoms with E-state index >= 15 is 0 Å². The molecule has 0 bridgehead atoms. The van der Waals surface area contributed by atoms with Gasteiger partial charge in [0.25, 0.3) is 5.56 Å². The van der Waals surface area contributed by atoms with E-state index < -0.39 is 0 Å². The summed E-state index contributed by atoms with van der Waals surface area (Å²) in [5, 5.41) is 7.15. The SMILES string of the molecule is [C-]#[N+]c1c(C2CC2)cccc1-n1c2nc(Nc3ccc4c(c3)CCNC4)ncc2c(=O)n1C(C)C. The summed E-state index contributed by atoms with van der Waals surface area (Å²) in [6.07, 6.45) is 4.77. The van der Waals surface area contributed by atoms with Gasteiger partial charge in [-0.2, -0.15) is 4.98 Å². The summed E-state index contributed by atoms with van der Waals surface area (Å²) in [7, 11) is 0. The largest absolute Gasteiger partial charge is 0.324 e. The molecule has 0 unspecified atom stereocenters. The zero-order valence-corrected chi connectivity index (χ0v) is 19.9. The van der Waals surface area contributed by atoms with Gasteiger partial charge in [0.2, 0.25) is 11.6 Å². The first-order valence-electron chi connectivity index (χ1n) is 12.2. The van der Waals surface area contributed by atoms with Crippen LogP contribution in [0.3, 0.4) is 0 Å². The first-order chi connectivity index (χ1) is 17.0. The summed E-state index contributed by atoms with van der Waals surface area (Å²) in [6, 6.07) is 12.1. The highest BCUT2D eigenvalue weighted by Gasteiger charge is 2.29. The van der Waals surface area contributed by atoms with E-state index in [1.165, 1.54) is 11.1 Å². The van der Waals surface area contributed by atoms with Gasteiger partial charge in [-0.3, -0.25) is 4.79 Å². The highest BCUT2D eigenvalue weighted by Crippen LogP contribution is 2.46. The molecule has 1 aliphatic carbocycles. The molecule has 1 aliphatic heterocycles. The van der Waals surface area contributed by atoms with E-state index in [0.717, 1.165) is 43.6 Å². The molecule has 8 nitrogen and oxygen atoms in total. The maximum Gasteiger partial charge on any atom is 0.278 e. The molecule has 2 N–H and O–H groups in total. The number of benzene rings is 2. The molecule has 4 aromatic rings. The molecular weight excluding hydrogens is 438 g/mol. The van der Waals surface area contributed by atoms with E-state index in [0.29, 0.717) is 34.3 Å². The van der Waals surface area contributed by atoms with Crippen LogP contribution in [0.2, 0.25) is 0 Å². The molecule has 8 heteroatoms. The third kappa shape index (κ3) is 3.69. The van der Waals surface area contributed by atoms with Crippen LogP contribution in [-0.4, -0.2) is 25.9 Å². The molecule has 0 radical (unpaired) electrons. The van der Waals surface area contributed by atoms with Crippen molar-refractivity contribution in [1.82, 2.24) is 24.6 Å². The maximum absolute atomic E-state index is 13.4. The first-order valence-corrected chi connectivity index (χ1v) is 12.2. The predicted octanol–water partition coefficient (Wildman–Crippen LogP) is 4.98. The van der Waals surface area contributed by atoms with Crippen LogP contribution in [0.1, 0.15) is 55.3 Å². The maximum atomic E-state index is 13.4. The van der Waals surface area contributed by atoms with E-state index in [2.05, 4.69) is 32.6 Å². The van der Waals surface area contributed by atoms with Gasteiger partial charge in [0, 0.05) is 24.5 Å². The lowest BCUT2D eigenvalue weighted by Gasteiger charge is -2.18. The Bertz CT molecular complexity index is 1550. The van der Waals surface area contributed by atoms with Gasteiger partial charge in [-0.1, -0.05) is 18.2 Å². The summed E-state index contributed by atoms with van der Waals surface area (Å²) in [6.45, 7) is 13.7. The molecule has 0 atom stereocenters. The Labute approximate surface area is 203 Å². The number of fused-ring (bicyclic) bond motifs is 2. The van der Waals surface area contributed by atoms with Gasteiger partial charge < -0.3 is 10.6 Å². The molecule has 3 heterocycles. The zero-order valence-electron chi connectivity index (χ0n) is 19.9. The van der Waals surface area contributed by atoms with Crippen molar-refractivity contribution >= 4 is 28.4 Å². The molecule has 176 valence electrons. The van der Waals surface area contributed by atoms with Crippen LogP contribution in [0.5, 0.6) is 0 Å². The van der Waals surface area contributed by atoms with Crippen LogP contribution >= 0.6 is 0 Å². The lowest BCUT2D eigenvalue weighted by molar-refractivity contribution is 0.476. The van der Waals surface area contributed by atoms with Crippen LogP contribution in [0.4, 0.5) is 17.3 Å². The normalized spacial score (nSPS) is 15.3. The number of nitrogens with zero attached hydrogens (tertiary/aromatic N) is 5. The van der Waals surface area contributed by atoms with Gasteiger partial charge in [0.15, 0.2) is 5.65 Å². The molecule has 0 spiro atoms. The number of anilines is 2. The van der Waals surface area contributed by atoms with E-state index in [4.69, 9.17) is 11.6 Å². The molecule has 2 aromatic carbocycles. The monoisotopic (exact) mass is 465 g/mol. The second kappa shape index (κ2) is 8.36. The van der Waals surface area contributed by atoms with Crippen molar-refractivity contribution in [3.63, 3.8) is 0 Å². The van der Waals surface area contributed by atoms with Crippen molar-refractivity contribution in [3.8, 4) is 5.69 Å². The minimum Gasteiger partial charge on any atom is -0.324 e. The van der Waals surface area contributed by atoms with Crippen molar-refractivity contribution < 1.29 is 0 Å². The van der Waals surface area contributed by atoms with Gasteiger partial charge in [0.05, 0.1) is 12.3 Å². The van der Waals surface area contributed by atoms with Crippen LogP contribution in [0, 0.1) is 6.57 Å². The predicted molar refractivity (Wildman–Crippen MR) is 137 cm³/mol. The van der Waals surface area contributed by atoms with Crippen molar-refractivity contribution in [2.75, 3.05) is 11.9 Å². The fourth-order valence-electron chi connectivity index (χ4n) is 5.01. The average Bonchev–Trinajstić information content (AvgIpc) is 3.67. The van der Waals surface area contributed by atoms with Crippen molar-refractivity contribution in [2.45, 2.75) is 51.6 Å². The Morgan fingerprint density at radius 3 is 2.83 bits per heavy atom. The summed E-state index contributed by atoms with van der Waals surface area (Å²) in [4.78, 5) is 26.5. The topological polar surface area (TPSA) is 81.1 Å². The Morgan fingerprint density at radius 1 is 1.20 bits per heavy atom. The van der Waals surface area contributed by atoms with Gasteiger partial charge in [-0.15, -0.1) is 0 Å². The minimum atomic E-state index is -0.157. The van der Waals surface area contributed by atoms with Crippen LogP contribution in [0.25, 0.3) is 21.6 Å². The highest BCUT2D eigenvalue weighted by atomic mass is 16.1. The van der Waals surface area contributed by atoms with Crippen molar-refractivity contribution in [1.29, 1.82) is 0 Å². The lowest BCUT2D eigenvalue weighted by atomic mass is 10.0. The standard InChI is InChI=1S/C27H27N7O/c1-16(2)33-26(35)22-15-30-27(31-20-10-9-19-14-29-12-11-18(19)13-20)32-25(22)34(33)23-6-4-5-21(17-7-8-17)24(23)28-3/h4-6,9-10,13,15-17,29H,7-8,11-12,14H2,1-2H3,(H,30,31,32). The molecule has 2 aliphatic rings. The molecule has 35 heavy (non-hydrogen) atoms. The van der Waals surface area contributed by atoms with Gasteiger partial charge in [-0.05, 0) is 80.5 Å². The van der Waals surface area contributed by atoms with Crippen molar-refractivity contribution in [3.05, 3.63) is 81.1 Å². The van der Waals surface area contributed by atoms with Crippen LogP contribution in [0.15, 0.2) is 47.4 Å². The van der Waals surface area contributed by atoms with Gasteiger partial charge >= 0.3 is 0 Å². The first kappa shape index (κ1) is 21.6.